The number of aromatic carboxylic acids is 1. The van der Waals surface area contributed by atoms with Crippen molar-refractivity contribution >= 4 is 22.3 Å². The number of aromatic nitrogens is 1. The molecule has 3 aromatic rings. The predicted molar refractivity (Wildman–Crippen MR) is 64.1 cm³/mol. The second-order valence-electron chi connectivity index (χ2n) is 3.96. The maximum atomic E-state index is 10.9. The fourth-order valence-corrected chi connectivity index (χ4v) is 1.97. The minimum absolute atomic E-state index is 0. The lowest BCUT2D eigenvalue weighted by Crippen LogP contribution is -3.00. The van der Waals surface area contributed by atoms with E-state index < -0.39 is 5.97 Å². The average Bonchev–Trinajstić information content (AvgIpc) is 2.35. The molecule has 0 aliphatic heterocycles. The third kappa shape index (κ3) is 2.07. The van der Waals surface area contributed by atoms with Gasteiger partial charge in [0.25, 0.3) is 0 Å². The number of hydrogen-bond acceptors (Lipinski definition) is 1. The molecule has 90 valence electrons. The van der Waals surface area contributed by atoms with Crippen molar-refractivity contribution in [3.05, 3.63) is 60.4 Å². The molecule has 0 fully saturated rings. The molecule has 0 bridgehead atoms. The summed E-state index contributed by atoms with van der Waals surface area (Å²) in [4.78, 5) is 10.9. The van der Waals surface area contributed by atoms with Gasteiger partial charge in [-0.25, -0.2) is 4.79 Å². The van der Waals surface area contributed by atoms with Gasteiger partial charge in [-0.2, -0.15) is 4.40 Å². The second-order valence-corrected chi connectivity index (χ2v) is 3.96. The summed E-state index contributed by atoms with van der Waals surface area (Å²) in [5.41, 5.74) is 1.36. The third-order valence-corrected chi connectivity index (χ3v) is 2.84. The molecule has 18 heavy (non-hydrogen) atoms. The lowest BCUT2D eigenvalue weighted by atomic mass is 10.1. The summed E-state index contributed by atoms with van der Waals surface area (Å²) in [5, 5.41) is 10.9. The zero-order valence-corrected chi connectivity index (χ0v) is 11.0. The number of pyridine rings is 2. The molecule has 0 amide bonds. The number of nitrogens with zero attached hydrogens (tertiary/aromatic N) is 1. The second kappa shape index (κ2) is 4.74. The number of carboxylic acid groups (broad SMARTS) is 1. The smallest absolute Gasteiger partial charge is 0.335 e. The summed E-state index contributed by atoms with van der Waals surface area (Å²) in [6.07, 6.45) is 3.97. The average molecular weight is 304 g/mol. The van der Waals surface area contributed by atoms with Crippen LogP contribution in [0.2, 0.25) is 0 Å². The van der Waals surface area contributed by atoms with Crippen LogP contribution in [0.25, 0.3) is 16.3 Å². The highest BCUT2D eigenvalue weighted by Crippen LogP contribution is 2.16. The van der Waals surface area contributed by atoms with Gasteiger partial charge in [0.1, 0.15) is 0 Å². The summed E-state index contributed by atoms with van der Waals surface area (Å²) in [6.45, 7) is 0. The Morgan fingerprint density at radius 3 is 2.67 bits per heavy atom. The van der Waals surface area contributed by atoms with E-state index in [0.717, 1.165) is 16.3 Å². The lowest BCUT2D eigenvalue weighted by Gasteiger charge is -1.98. The largest absolute Gasteiger partial charge is 1.00 e. The Bertz CT molecular complexity index is 740. The molecule has 2 aromatic heterocycles. The van der Waals surface area contributed by atoms with Crippen molar-refractivity contribution in [3.63, 3.8) is 0 Å². The van der Waals surface area contributed by atoms with E-state index in [1.165, 1.54) is 0 Å². The molecule has 0 aliphatic carbocycles. The van der Waals surface area contributed by atoms with Crippen LogP contribution in [0.4, 0.5) is 0 Å². The molecule has 1 N–H and O–H groups in total. The van der Waals surface area contributed by atoms with Gasteiger partial charge in [0.2, 0.25) is 5.52 Å². The number of fused-ring (bicyclic) bond motifs is 2. The Morgan fingerprint density at radius 1 is 1.06 bits per heavy atom. The normalized spacial score (nSPS) is 10.2. The van der Waals surface area contributed by atoms with Crippen molar-refractivity contribution in [2.75, 3.05) is 0 Å². The van der Waals surface area contributed by atoms with E-state index in [1.807, 2.05) is 47.1 Å². The molecule has 0 unspecified atom stereocenters. The van der Waals surface area contributed by atoms with Crippen LogP contribution in [0.3, 0.4) is 0 Å². The number of hydrogen-bond donors (Lipinski definition) is 1. The molecular formula is C14H10BrNO2. The van der Waals surface area contributed by atoms with E-state index >= 15 is 0 Å². The van der Waals surface area contributed by atoms with E-state index in [0.29, 0.717) is 5.56 Å². The van der Waals surface area contributed by atoms with Crippen LogP contribution in [0.1, 0.15) is 10.4 Å². The fraction of sp³-hybridized carbons (Fsp3) is 0. The fourth-order valence-electron chi connectivity index (χ4n) is 1.97. The summed E-state index contributed by atoms with van der Waals surface area (Å²) in [7, 11) is 0. The molecule has 4 heteroatoms. The van der Waals surface area contributed by atoms with Crippen molar-refractivity contribution in [1.29, 1.82) is 0 Å². The standard InChI is InChI=1S/C14H9NO2.BrH/c16-14(17)10-4-5-11-9-15-6-2-1-3-13(15)8-12(11)7-10;/h1-9H;1H. The number of carboxylic acids is 1. The Morgan fingerprint density at radius 2 is 1.89 bits per heavy atom. The van der Waals surface area contributed by atoms with Crippen molar-refractivity contribution in [2.24, 2.45) is 0 Å². The molecule has 0 spiro atoms. The molecule has 0 saturated carbocycles. The summed E-state index contributed by atoms with van der Waals surface area (Å²) >= 11 is 0. The van der Waals surface area contributed by atoms with Gasteiger partial charge in [-0.3, -0.25) is 0 Å². The van der Waals surface area contributed by atoms with Crippen LogP contribution in [0, 0.1) is 0 Å². The van der Waals surface area contributed by atoms with Crippen LogP contribution >= 0.6 is 0 Å². The first kappa shape index (κ1) is 12.5. The zero-order valence-electron chi connectivity index (χ0n) is 9.38. The third-order valence-electron chi connectivity index (χ3n) is 2.84. The minimum atomic E-state index is -0.896. The van der Waals surface area contributed by atoms with Crippen molar-refractivity contribution in [1.82, 2.24) is 0 Å². The molecule has 1 aromatic carbocycles. The van der Waals surface area contributed by atoms with Gasteiger partial charge in [0.15, 0.2) is 12.4 Å². The monoisotopic (exact) mass is 303 g/mol. The van der Waals surface area contributed by atoms with Gasteiger partial charge in [-0.1, -0.05) is 0 Å². The SMILES string of the molecule is O=C(O)c1ccc2c[n+]3ccccc3cc2c1.[Br-]. The van der Waals surface area contributed by atoms with E-state index in [9.17, 15) is 4.79 Å². The molecular weight excluding hydrogens is 294 g/mol. The molecule has 3 nitrogen and oxygen atoms in total. The maximum absolute atomic E-state index is 10.9. The number of halogens is 1. The van der Waals surface area contributed by atoms with Gasteiger partial charge in [0, 0.05) is 23.6 Å². The van der Waals surface area contributed by atoms with Crippen molar-refractivity contribution in [3.8, 4) is 0 Å². The van der Waals surface area contributed by atoms with Crippen LogP contribution < -0.4 is 21.4 Å². The van der Waals surface area contributed by atoms with Crippen molar-refractivity contribution < 1.29 is 31.3 Å². The molecule has 0 saturated heterocycles. The summed E-state index contributed by atoms with van der Waals surface area (Å²) in [6, 6.07) is 13.1. The highest BCUT2D eigenvalue weighted by atomic mass is 79.9. The number of benzene rings is 1. The van der Waals surface area contributed by atoms with Gasteiger partial charge < -0.3 is 22.1 Å². The molecule has 0 radical (unpaired) electrons. The Balaban J connectivity index is 0.00000120. The van der Waals surface area contributed by atoms with Crippen LogP contribution in [-0.4, -0.2) is 11.1 Å². The summed E-state index contributed by atoms with van der Waals surface area (Å²) in [5.74, 6) is -0.896. The van der Waals surface area contributed by atoms with Crippen LogP contribution in [0.15, 0.2) is 54.9 Å². The Kier molecular flexibility index (Phi) is 3.30. The van der Waals surface area contributed by atoms with Gasteiger partial charge in [-0.05, 0) is 29.7 Å². The van der Waals surface area contributed by atoms with E-state index in [2.05, 4.69) is 0 Å². The van der Waals surface area contributed by atoms with Crippen LogP contribution in [0.5, 0.6) is 0 Å². The van der Waals surface area contributed by atoms with Gasteiger partial charge >= 0.3 is 5.97 Å². The first-order chi connectivity index (χ1) is 8.24. The zero-order chi connectivity index (χ0) is 11.8. The van der Waals surface area contributed by atoms with Gasteiger partial charge in [0.05, 0.1) is 5.56 Å². The minimum Gasteiger partial charge on any atom is -1.00 e. The first-order valence-corrected chi connectivity index (χ1v) is 5.31. The quantitative estimate of drug-likeness (QED) is 0.476. The van der Waals surface area contributed by atoms with Crippen molar-refractivity contribution in [2.45, 2.75) is 0 Å². The maximum Gasteiger partial charge on any atom is 0.335 e. The highest BCUT2D eigenvalue weighted by molar-refractivity contribution is 5.94. The van der Waals surface area contributed by atoms with Gasteiger partial charge in [-0.15, -0.1) is 0 Å². The molecule has 0 aliphatic rings. The van der Waals surface area contributed by atoms with E-state index in [-0.39, 0.29) is 17.0 Å². The first-order valence-electron chi connectivity index (χ1n) is 5.31. The Hall–Kier alpha value is -1.94. The number of rotatable bonds is 1. The molecule has 3 rings (SSSR count). The Labute approximate surface area is 114 Å². The van der Waals surface area contributed by atoms with E-state index in [1.54, 1.807) is 12.1 Å². The molecule has 2 heterocycles. The number of carbonyl (C=O) groups is 1. The topological polar surface area (TPSA) is 41.4 Å². The lowest BCUT2D eigenvalue weighted by molar-refractivity contribution is -0.510. The van der Waals surface area contributed by atoms with Crippen LogP contribution in [-0.2, 0) is 0 Å². The summed E-state index contributed by atoms with van der Waals surface area (Å²) < 4.78 is 2.02. The highest BCUT2D eigenvalue weighted by Gasteiger charge is 2.07. The predicted octanol–water partition coefficient (Wildman–Crippen LogP) is -0.719. The molecule has 0 atom stereocenters. The van der Waals surface area contributed by atoms with E-state index in [4.69, 9.17) is 5.11 Å².